The molecule has 0 aromatic rings. The Morgan fingerprint density at radius 2 is 2.06 bits per heavy atom. The van der Waals surface area contributed by atoms with Gasteiger partial charge in [-0.3, -0.25) is 4.79 Å². The number of carboxylic acids is 1. The summed E-state index contributed by atoms with van der Waals surface area (Å²) in [5, 5.41) is 9.37. The lowest BCUT2D eigenvalue weighted by Crippen LogP contribution is -2.36. The standard InChI is InChI=1S/C12H20O5S/c1-11(2)4-3-9(17-11)7-12(10(13)14)5-6-18(15,16)8-12/h9H,3-8H2,1-2H3,(H,13,14). The summed E-state index contributed by atoms with van der Waals surface area (Å²) < 4.78 is 28.9. The van der Waals surface area contributed by atoms with E-state index in [2.05, 4.69) is 0 Å². The van der Waals surface area contributed by atoms with Crippen LogP contribution in [0.5, 0.6) is 0 Å². The third kappa shape index (κ3) is 2.69. The van der Waals surface area contributed by atoms with E-state index in [4.69, 9.17) is 4.74 Å². The minimum atomic E-state index is -3.21. The van der Waals surface area contributed by atoms with Crippen molar-refractivity contribution in [3.05, 3.63) is 0 Å². The van der Waals surface area contributed by atoms with E-state index in [1.54, 1.807) is 0 Å². The second kappa shape index (κ2) is 4.20. The summed E-state index contributed by atoms with van der Waals surface area (Å²) in [6, 6.07) is 0. The van der Waals surface area contributed by atoms with E-state index in [-0.39, 0.29) is 29.6 Å². The van der Waals surface area contributed by atoms with E-state index >= 15 is 0 Å². The summed E-state index contributed by atoms with van der Waals surface area (Å²) in [5.41, 5.74) is -1.36. The quantitative estimate of drug-likeness (QED) is 0.838. The van der Waals surface area contributed by atoms with Crippen LogP contribution < -0.4 is 0 Å². The first-order valence-electron chi connectivity index (χ1n) is 6.26. The fourth-order valence-corrected chi connectivity index (χ4v) is 5.06. The van der Waals surface area contributed by atoms with Gasteiger partial charge in [0.25, 0.3) is 0 Å². The number of carbonyl (C=O) groups is 1. The zero-order chi connectivity index (χ0) is 13.6. The Morgan fingerprint density at radius 1 is 1.39 bits per heavy atom. The van der Waals surface area contributed by atoms with Gasteiger partial charge in [-0.15, -0.1) is 0 Å². The summed E-state index contributed by atoms with van der Waals surface area (Å²) in [5.74, 6) is -1.26. The Labute approximate surface area is 107 Å². The first-order chi connectivity index (χ1) is 8.14. The van der Waals surface area contributed by atoms with Crippen LogP contribution in [0, 0.1) is 5.41 Å². The molecule has 104 valence electrons. The second-order valence-corrected chi connectivity index (χ2v) is 8.35. The molecule has 0 spiro atoms. The van der Waals surface area contributed by atoms with Crippen molar-refractivity contribution in [3.8, 4) is 0 Å². The lowest BCUT2D eigenvalue weighted by atomic mass is 9.81. The van der Waals surface area contributed by atoms with Gasteiger partial charge in [0.05, 0.1) is 28.6 Å². The lowest BCUT2D eigenvalue weighted by Gasteiger charge is -2.27. The molecule has 2 fully saturated rings. The summed E-state index contributed by atoms with van der Waals surface area (Å²) >= 11 is 0. The summed E-state index contributed by atoms with van der Waals surface area (Å²) in [6.07, 6.45) is 2.09. The third-order valence-electron chi connectivity index (χ3n) is 4.01. The Hall–Kier alpha value is -0.620. The monoisotopic (exact) mass is 276 g/mol. The molecular formula is C12H20O5S. The minimum Gasteiger partial charge on any atom is -0.481 e. The van der Waals surface area contributed by atoms with Crippen molar-refractivity contribution in [3.63, 3.8) is 0 Å². The number of carboxylic acid groups (broad SMARTS) is 1. The highest BCUT2D eigenvalue weighted by Crippen LogP contribution is 2.42. The fraction of sp³-hybridized carbons (Fsp3) is 0.917. The summed E-state index contributed by atoms with van der Waals surface area (Å²) in [7, 11) is -3.21. The second-order valence-electron chi connectivity index (χ2n) is 6.17. The van der Waals surface area contributed by atoms with E-state index in [0.717, 1.165) is 12.8 Å². The Morgan fingerprint density at radius 3 is 2.44 bits per heavy atom. The largest absolute Gasteiger partial charge is 0.481 e. The maximum absolute atomic E-state index is 11.5. The van der Waals surface area contributed by atoms with Gasteiger partial charge in [0, 0.05) is 0 Å². The van der Waals surface area contributed by atoms with E-state index < -0.39 is 21.2 Å². The Balaban J connectivity index is 2.12. The van der Waals surface area contributed by atoms with Crippen LogP contribution in [0.25, 0.3) is 0 Å². The van der Waals surface area contributed by atoms with Gasteiger partial charge in [-0.05, 0) is 39.5 Å². The highest BCUT2D eigenvalue weighted by atomic mass is 32.2. The molecule has 0 aromatic heterocycles. The normalized spacial score (nSPS) is 37.8. The fourth-order valence-electron chi connectivity index (χ4n) is 2.99. The van der Waals surface area contributed by atoms with Gasteiger partial charge >= 0.3 is 5.97 Å². The lowest BCUT2D eigenvalue weighted by molar-refractivity contribution is -0.150. The van der Waals surface area contributed by atoms with Gasteiger partial charge in [-0.25, -0.2) is 8.42 Å². The van der Waals surface area contributed by atoms with Crippen LogP contribution in [0.2, 0.25) is 0 Å². The Bertz CT molecular complexity index is 453. The van der Waals surface area contributed by atoms with Crippen molar-refractivity contribution in [2.45, 2.75) is 51.2 Å². The Kier molecular flexibility index (Phi) is 3.22. The van der Waals surface area contributed by atoms with Crippen molar-refractivity contribution in [2.75, 3.05) is 11.5 Å². The summed E-state index contributed by atoms with van der Waals surface area (Å²) in [6.45, 7) is 3.96. The van der Waals surface area contributed by atoms with Gasteiger partial charge in [0.2, 0.25) is 0 Å². The van der Waals surface area contributed by atoms with E-state index in [9.17, 15) is 18.3 Å². The van der Waals surface area contributed by atoms with Crippen LogP contribution in [0.1, 0.15) is 39.5 Å². The molecule has 2 aliphatic rings. The van der Waals surface area contributed by atoms with Gasteiger partial charge in [0.15, 0.2) is 9.84 Å². The summed E-state index contributed by atoms with van der Waals surface area (Å²) in [4.78, 5) is 11.4. The molecule has 18 heavy (non-hydrogen) atoms. The maximum atomic E-state index is 11.5. The first kappa shape index (κ1) is 13.8. The van der Waals surface area contributed by atoms with Gasteiger partial charge in [0.1, 0.15) is 0 Å². The molecule has 2 heterocycles. The van der Waals surface area contributed by atoms with E-state index in [1.165, 1.54) is 0 Å². The van der Waals surface area contributed by atoms with Crippen molar-refractivity contribution in [1.29, 1.82) is 0 Å². The number of rotatable bonds is 3. The molecular weight excluding hydrogens is 256 g/mol. The molecule has 2 saturated heterocycles. The zero-order valence-electron chi connectivity index (χ0n) is 10.8. The number of hydrogen-bond donors (Lipinski definition) is 1. The molecule has 0 aromatic carbocycles. The predicted molar refractivity (Wildman–Crippen MR) is 66.1 cm³/mol. The third-order valence-corrected chi connectivity index (χ3v) is 5.83. The van der Waals surface area contributed by atoms with Crippen LogP contribution in [0.4, 0.5) is 0 Å². The van der Waals surface area contributed by atoms with Crippen molar-refractivity contribution >= 4 is 15.8 Å². The average molecular weight is 276 g/mol. The minimum absolute atomic E-state index is 0.0184. The topological polar surface area (TPSA) is 80.7 Å². The zero-order valence-corrected chi connectivity index (χ0v) is 11.6. The molecule has 0 radical (unpaired) electrons. The van der Waals surface area contributed by atoms with Crippen LogP contribution in [0.3, 0.4) is 0 Å². The van der Waals surface area contributed by atoms with Gasteiger partial charge in [-0.2, -0.15) is 0 Å². The average Bonchev–Trinajstić information content (AvgIpc) is 2.68. The van der Waals surface area contributed by atoms with Crippen LogP contribution in [0.15, 0.2) is 0 Å². The molecule has 1 N–H and O–H groups in total. The van der Waals surface area contributed by atoms with E-state index in [1.807, 2.05) is 13.8 Å². The van der Waals surface area contributed by atoms with E-state index in [0.29, 0.717) is 6.42 Å². The van der Waals surface area contributed by atoms with Crippen molar-refractivity contribution < 1.29 is 23.1 Å². The highest BCUT2D eigenvalue weighted by Gasteiger charge is 2.50. The first-order valence-corrected chi connectivity index (χ1v) is 8.08. The number of hydrogen-bond acceptors (Lipinski definition) is 4. The molecule has 6 heteroatoms. The van der Waals surface area contributed by atoms with Crippen LogP contribution >= 0.6 is 0 Å². The van der Waals surface area contributed by atoms with Crippen LogP contribution in [-0.4, -0.2) is 42.7 Å². The van der Waals surface area contributed by atoms with Gasteiger partial charge < -0.3 is 9.84 Å². The highest BCUT2D eigenvalue weighted by molar-refractivity contribution is 7.91. The van der Waals surface area contributed by atoms with Gasteiger partial charge in [-0.1, -0.05) is 0 Å². The molecule has 2 unspecified atom stereocenters. The number of sulfone groups is 1. The predicted octanol–water partition coefficient (Wildman–Crippen LogP) is 1.22. The van der Waals surface area contributed by atoms with Crippen molar-refractivity contribution in [2.24, 2.45) is 5.41 Å². The molecule has 0 bridgehead atoms. The van der Waals surface area contributed by atoms with Crippen LogP contribution in [-0.2, 0) is 19.4 Å². The molecule has 5 nitrogen and oxygen atoms in total. The maximum Gasteiger partial charge on any atom is 0.310 e. The number of ether oxygens (including phenoxy) is 1. The molecule has 2 aliphatic heterocycles. The molecule has 2 atom stereocenters. The molecule has 2 rings (SSSR count). The SMILES string of the molecule is CC1(C)CCC(CC2(C(=O)O)CCS(=O)(=O)C2)O1. The molecule has 0 amide bonds. The van der Waals surface area contributed by atoms with Crippen molar-refractivity contribution in [1.82, 2.24) is 0 Å². The number of aliphatic carboxylic acids is 1. The molecule has 0 saturated carbocycles. The molecule has 0 aliphatic carbocycles. The smallest absolute Gasteiger partial charge is 0.310 e.